The Morgan fingerprint density at radius 3 is 2.35 bits per heavy atom. The monoisotopic (exact) mass is 233 g/mol. The van der Waals surface area contributed by atoms with Crippen molar-refractivity contribution in [2.45, 2.75) is 38.3 Å². The van der Waals surface area contributed by atoms with Gasteiger partial charge >= 0.3 is 5.97 Å². The summed E-state index contributed by atoms with van der Waals surface area (Å²) in [6.07, 6.45) is 2.59. The largest absolute Gasteiger partial charge is 0.480 e. The zero-order valence-electron chi connectivity index (χ0n) is 10.4. The van der Waals surface area contributed by atoms with Crippen molar-refractivity contribution in [1.29, 1.82) is 0 Å². The van der Waals surface area contributed by atoms with E-state index in [1.54, 1.807) is 0 Å². The van der Waals surface area contributed by atoms with Crippen molar-refractivity contribution in [1.82, 2.24) is 4.90 Å². The van der Waals surface area contributed by atoms with Gasteiger partial charge in [-0.2, -0.15) is 0 Å². The van der Waals surface area contributed by atoms with Gasteiger partial charge in [0.2, 0.25) is 0 Å². The summed E-state index contributed by atoms with van der Waals surface area (Å²) in [7, 11) is 1.93. The molecule has 17 heavy (non-hydrogen) atoms. The van der Waals surface area contributed by atoms with Crippen LogP contribution in [0.3, 0.4) is 0 Å². The number of carboxylic acid groups (broad SMARTS) is 1. The van der Waals surface area contributed by atoms with E-state index >= 15 is 0 Å². The van der Waals surface area contributed by atoms with E-state index in [-0.39, 0.29) is 6.04 Å². The molecule has 0 radical (unpaired) electrons. The zero-order valence-corrected chi connectivity index (χ0v) is 10.4. The maximum atomic E-state index is 11.2. The van der Waals surface area contributed by atoms with E-state index in [0.29, 0.717) is 12.5 Å². The second-order valence-corrected chi connectivity index (χ2v) is 4.76. The summed E-state index contributed by atoms with van der Waals surface area (Å²) in [5.74, 6) is -0.717. The number of fused-ring (bicyclic) bond motifs is 1. The third-order valence-electron chi connectivity index (χ3n) is 3.77. The molecule has 0 aromatic heterocycles. The quantitative estimate of drug-likeness (QED) is 0.864. The smallest absolute Gasteiger partial charge is 0.320 e. The second kappa shape index (κ2) is 4.88. The Hall–Kier alpha value is -1.35. The maximum Gasteiger partial charge on any atom is 0.320 e. The third-order valence-corrected chi connectivity index (χ3v) is 3.77. The first-order chi connectivity index (χ1) is 8.13. The molecule has 0 saturated heterocycles. The first-order valence-electron chi connectivity index (χ1n) is 6.15. The van der Waals surface area contributed by atoms with Crippen molar-refractivity contribution in [3.63, 3.8) is 0 Å². The van der Waals surface area contributed by atoms with Gasteiger partial charge in [-0.15, -0.1) is 0 Å². The van der Waals surface area contributed by atoms with Crippen molar-refractivity contribution in [2.75, 3.05) is 7.05 Å². The van der Waals surface area contributed by atoms with Crippen LogP contribution in [-0.2, 0) is 17.6 Å². The van der Waals surface area contributed by atoms with Gasteiger partial charge in [0.1, 0.15) is 6.04 Å². The van der Waals surface area contributed by atoms with E-state index in [0.717, 1.165) is 12.8 Å². The number of nitrogens with zero attached hydrogens (tertiary/aromatic N) is 1. The fourth-order valence-electron chi connectivity index (χ4n) is 2.71. The van der Waals surface area contributed by atoms with E-state index in [9.17, 15) is 9.90 Å². The summed E-state index contributed by atoms with van der Waals surface area (Å²) in [5, 5.41) is 9.18. The van der Waals surface area contributed by atoms with Crippen LogP contribution in [0.2, 0.25) is 0 Å². The molecule has 0 bridgehead atoms. The van der Waals surface area contributed by atoms with Gasteiger partial charge in [0.25, 0.3) is 0 Å². The Bertz CT molecular complexity index is 391. The predicted molar refractivity (Wildman–Crippen MR) is 67.1 cm³/mol. The summed E-state index contributed by atoms with van der Waals surface area (Å²) >= 11 is 0. The summed E-state index contributed by atoms with van der Waals surface area (Å²) in [4.78, 5) is 13.2. The lowest BCUT2D eigenvalue weighted by Gasteiger charge is -2.29. The minimum absolute atomic E-state index is 0.327. The third kappa shape index (κ3) is 2.34. The first-order valence-corrected chi connectivity index (χ1v) is 6.15. The van der Waals surface area contributed by atoms with Crippen LogP contribution in [0.5, 0.6) is 0 Å². The SMILES string of the molecule is CCC(C(=O)O)N(C)C1Cc2ccccc2C1. The number of likely N-dealkylation sites (N-methyl/N-ethyl adjacent to an activating group) is 1. The predicted octanol–water partition coefficient (Wildman–Crippen LogP) is 1.95. The lowest BCUT2D eigenvalue weighted by molar-refractivity contribution is -0.143. The van der Waals surface area contributed by atoms with Gasteiger partial charge < -0.3 is 5.11 Å². The lowest BCUT2D eigenvalue weighted by Crippen LogP contribution is -2.44. The van der Waals surface area contributed by atoms with E-state index in [1.807, 2.05) is 18.9 Å². The van der Waals surface area contributed by atoms with Crippen molar-refractivity contribution >= 4 is 5.97 Å². The molecule has 92 valence electrons. The first kappa shape index (κ1) is 12.1. The van der Waals surface area contributed by atoms with Crippen LogP contribution in [0.1, 0.15) is 24.5 Å². The normalized spacial score (nSPS) is 17.1. The van der Waals surface area contributed by atoms with E-state index in [2.05, 4.69) is 24.3 Å². The Balaban J connectivity index is 2.09. The highest BCUT2D eigenvalue weighted by atomic mass is 16.4. The Morgan fingerprint density at radius 1 is 1.41 bits per heavy atom. The van der Waals surface area contributed by atoms with E-state index in [4.69, 9.17) is 0 Å². The fourth-order valence-corrected chi connectivity index (χ4v) is 2.71. The molecule has 1 N–H and O–H groups in total. The number of hydrogen-bond donors (Lipinski definition) is 1. The standard InChI is InChI=1S/C14H19NO2/c1-3-13(14(16)17)15(2)12-8-10-6-4-5-7-11(10)9-12/h4-7,12-13H,3,8-9H2,1-2H3,(H,16,17). The zero-order chi connectivity index (χ0) is 12.4. The van der Waals surface area contributed by atoms with Gasteiger partial charge in [-0.05, 0) is 37.4 Å². The van der Waals surface area contributed by atoms with E-state index < -0.39 is 5.97 Å². The van der Waals surface area contributed by atoms with E-state index in [1.165, 1.54) is 11.1 Å². The van der Waals surface area contributed by atoms with Crippen molar-refractivity contribution in [3.05, 3.63) is 35.4 Å². The molecular formula is C14H19NO2. The summed E-state index contributed by atoms with van der Waals surface area (Å²) in [5.41, 5.74) is 2.73. The van der Waals surface area contributed by atoms with Gasteiger partial charge in [-0.25, -0.2) is 0 Å². The average molecular weight is 233 g/mol. The molecule has 1 aliphatic rings. The molecule has 0 spiro atoms. The molecule has 0 aliphatic heterocycles. The van der Waals surface area contributed by atoms with Gasteiger partial charge in [-0.1, -0.05) is 31.2 Å². The number of hydrogen-bond acceptors (Lipinski definition) is 2. The van der Waals surface area contributed by atoms with Crippen LogP contribution in [0.4, 0.5) is 0 Å². The van der Waals surface area contributed by atoms with Crippen LogP contribution < -0.4 is 0 Å². The van der Waals surface area contributed by atoms with Crippen molar-refractivity contribution in [3.8, 4) is 0 Å². The molecule has 1 aliphatic carbocycles. The Morgan fingerprint density at radius 2 is 1.94 bits per heavy atom. The maximum absolute atomic E-state index is 11.2. The Labute approximate surface area is 102 Å². The van der Waals surface area contributed by atoms with Crippen molar-refractivity contribution in [2.24, 2.45) is 0 Å². The summed E-state index contributed by atoms with van der Waals surface area (Å²) in [6.45, 7) is 1.93. The second-order valence-electron chi connectivity index (χ2n) is 4.76. The molecule has 0 heterocycles. The molecule has 3 heteroatoms. The van der Waals surface area contributed by atoms with Crippen LogP contribution in [0.25, 0.3) is 0 Å². The molecule has 0 fully saturated rings. The molecule has 0 saturated carbocycles. The molecule has 1 aromatic rings. The highest BCUT2D eigenvalue weighted by molar-refractivity contribution is 5.73. The number of aliphatic carboxylic acids is 1. The number of benzene rings is 1. The topological polar surface area (TPSA) is 40.5 Å². The Kier molecular flexibility index (Phi) is 3.48. The van der Waals surface area contributed by atoms with Crippen LogP contribution in [-0.4, -0.2) is 35.1 Å². The molecule has 1 unspecified atom stereocenters. The average Bonchev–Trinajstić information content (AvgIpc) is 2.72. The molecule has 2 rings (SSSR count). The summed E-state index contributed by atoms with van der Waals surface area (Å²) < 4.78 is 0. The number of carbonyl (C=O) groups is 1. The molecular weight excluding hydrogens is 214 g/mol. The fraction of sp³-hybridized carbons (Fsp3) is 0.500. The minimum Gasteiger partial charge on any atom is -0.480 e. The number of carboxylic acids is 1. The van der Waals surface area contributed by atoms with Crippen LogP contribution in [0, 0.1) is 0 Å². The van der Waals surface area contributed by atoms with Gasteiger partial charge in [0, 0.05) is 6.04 Å². The highest BCUT2D eigenvalue weighted by Gasteiger charge is 2.30. The molecule has 0 amide bonds. The highest BCUT2D eigenvalue weighted by Crippen LogP contribution is 2.26. The summed E-state index contributed by atoms with van der Waals surface area (Å²) in [6, 6.07) is 8.35. The van der Waals surface area contributed by atoms with Gasteiger partial charge in [0.15, 0.2) is 0 Å². The van der Waals surface area contributed by atoms with Crippen LogP contribution in [0.15, 0.2) is 24.3 Å². The minimum atomic E-state index is -0.717. The van der Waals surface area contributed by atoms with Crippen LogP contribution >= 0.6 is 0 Å². The molecule has 1 aromatic carbocycles. The molecule has 1 atom stereocenters. The molecule has 3 nitrogen and oxygen atoms in total. The number of rotatable bonds is 4. The lowest BCUT2D eigenvalue weighted by atomic mass is 10.1. The van der Waals surface area contributed by atoms with Gasteiger partial charge in [0.05, 0.1) is 0 Å². The van der Waals surface area contributed by atoms with Gasteiger partial charge in [-0.3, -0.25) is 9.69 Å². The van der Waals surface area contributed by atoms with Crippen molar-refractivity contribution < 1.29 is 9.90 Å².